The van der Waals surface area contributed by atoms with Gasteiger partial charge in [-0.05, 0) is 27.2 Å². The fourth-order valence-electron chi connectivity index (χ4n) is 0.842. The average molecular weight is 262 g/mol. The number of carbonyl (C=O) groups excluding carboxylic acids is 1. The van der Waals surface area contributed by atoms with Crippen LogP contribution in [0.4, 0.5) is 4.79 Å². The Labute approximate surface area is 102 Å². The van der Waals surface area contributed by atoms with E-state index in [-0.39, 0.29) is 6.54 Å². The number of ether oxygens (including phenoxy) is 1. The summed E-state index contributed by atoms with van der Waals surface area (Å²) in [6.07, 6.45) is 4.97. The summed E-state index contributed by atoms with van der Waals surface area (Å²) in [7, 11) is -3.88. The van der Waals surface area contributed by atoms with Crippen molar-refractivity contribution in [2.75, 3.05) is 6.54 Å². The van der Waals surface area contributed by atoms with Gasteiger partial charge in [0.05, 0.1) is 0 Å². The molecule has 0 spiro atoms. The highest BCUT2D eigenvalue weighted by molar-refractivity contribution is 7.88. The topological polar surface area (TPSA) is 84.5 Å². The van der Waals surface area contributed by atoms with E-state index in [4.69, 9.17) is 11.2 Å². The molecule has 0 saturated heterocycles. The van der Waals surface area contributed by atoms with Crippen LogP contribution in [0.15, 0.2) is 0 Å². The molecular formula is C10H18N2O4S. The van der Waals surface area contributed by atoms with Gasteiger partial charge < -0.3 is 4.74 Å². The molecular weight excluding hydrogens is 244 g/mol. The van der Waals surface area contributed by atoms with Crippen molar-refractivity contribution in [3.8, 4) is 12.3 Å². The Morgan fingerprint density at radius 2 is 2.00 bits per heavy atom. The number of terminal acetylenes is 1. The average Bonchev–Trinajstić information content (AvgIpc) is 2.08. The van der Waals surface area contributed by atoms with E-state index in [9.17, 15) is 13.2 Å². The van der Waals surface area contributed by atoms with Crippen molar-refractivity contribution in [3.05, 3.63) is 0 Å². The van der Waals surface area contributed by atoms with Gasteiger partial charge in [0.2, 0.25) is 0 Å². The number of hydrogen-bond acceptors (Lipinski definition) is 4. The monoisotopic (exact) mass is 262 g/mol. The molecule has 17 heavy (non-hydrogen) atoms. The number of rotatable bonds is 5. The standard InChI is InChI=1S/C10H18N2O4S/c1-5-6-7-8-11-17(14,15)12-9(13)16-10(2,3)4/h1,11H,6-8H2,2-4H3,(H,12,13). The molecule has 0 rings (SSSR count). The van der Waals surface area contributed by atoms with Gasteiger partial charge in [0.1, 0.15) is 5.60 Å². The Morgan fingerprint density at radius 1 is 1.41 bits per heavy atom. The van der Waals surface area contributed by atoms with Crippen LogP contribution in [0.3, 0.4) is 0 Å². The molecule has 7 heteroatoms. The SMILES string of the molecule is C#CCCCNS(=O)(=O)NC(=O)OC(C)(C)C. The third kappa shape index (κ3) is 9.66. The summed E-state index contributed by atoms with van der Waals surface area (Å²) < 4.78 is 31.3. The third-order valence-electron chi connectivity index (χ3n) is 1.41. The normalized spacial score (nSPS) is 11.6. The number of carbonyl (C=O) groups is 1. The van der Waals surface area contributed by atoms with Crippen LogP contribution in [-0.4, -0.2) is 26.7 Å². The van der Waals surface area contributed by atoms with E-state index in [0.29, 0.717) is 12.8 Å². The van der Waals surface area contributed by atoms with E-state index >= 15 is 0 Å². The molecule has 0 aliphatic carbocycles. The first-order valence-electron chi connectivity index (χ1n) is 5.10. The minimum absolute atomic E-state index is 0.169. The predicted octanol–water partition coefficient (Wildman–Crippen LogP) is 0.759. The van der Waals surface area contributed by atoms with Crippen LogP contribution in [-0.2, 0) is 14.9 Å². The van der Waals surface area contributed by atoms with Crippen LogP contribution in [0.1, 0.15) is 33.6 Å². The highest BCUT2D eigenvalue weighted by Gasteiger charge is 2.20. The Kier molecular flexibility index (Phi) is 5.99. The fourth-order valence-corrected chi connectivity index (χ4v) is 1.59. The lowest BCUT2D eigenvalue weighted by Gasteiger charge is -2.19. The zero-order valence-corrected chi connectivity index (χ0v) is 11.1. The first-order chi connectivity index (χ1) is 7.66. The summed E-state index contributed by atoms with van der Waals surface area (Å²) in [5, 5.41) is 0. The molecule has 0 bridgehead atoms. The lowest BCUT2D eigenvalue weighted by molar-refractivity contribution is 0.0569. The van der Waals surface area contributed by atoms with Gasteiger partial charge in [-0.2, -0.15) is 13.1 Å². The minimum atomic E-state index is -3.88. The molecule has 0 aliphatic rings. The molecule has 0 heterocycles. The molecule has 1 amide bonds. The predicted molar refractivity (Wildman–Crippen MR) is 64.4 cm³/mol. The molecule has 98 valence electrons. The summed E-state index contributed by atoms with van der Waals surface area (Å²) in [5.41, 5.74) is -0.747. The first kappa shape index (κ1) is 15.7. The molecule has 0 saturated carbocycles. The quantitative estimate of drug-likeness (QED) is 0.566. The summed E-state index contributed by atoms with van der Waals surface area (Å²) in [4.78, 5) is 11.2. The van der Waals surface area contributed by atoms with E-state index < -0.39 is 21.9 Å². The van der Waals surface area contributed by atoms with Crippen molar-refractivity contribution in [1.82, 2.24) is 9.44 Å². The van der Waals surface area contributed by atoms with Gasteiger partial charge in [-0.3, -0.25) is 0 Å². The second kappa shape index (κ2) is 6.47. The van der Waals surface area contributed by atoms with Crippen LogP contribution in [0.2, 0.25) is 0 Å². The zero-order chi connectivity index (χ0) is 13.5. The highest BCUT2D eigenvalue weighted by atomic mass is 32.2. The largest absolute Gasteiger partial charge is 0.443 e. The van der Waals surface area contributed by atoms with Crippen LogP contribution in [0, 0.1) is 12.3 Å². The molecule has 0 unspecified atom stereocenters. The Balaban J connectivity index is 4.10. The van der Waals surface area contributed by atoms with Gasteiger partial charge in [-0.1, -0.05) is 0 Å². The molecule has 6 nitrogen and oxygen atoms in total. The summed E-state index contributed by atoms with van der Waals surface area (Å²) >= 11 is 0. The number of amides is 1. The Hall–Kier alpha value is -1.26. The molecule has 0 aromatic rings. The number of nitrogens with one attached hydrogen (secondary N) is 2. The lowest BCUT2D eigenvalue weighted by atomic mass is 10.2. The summed E-state index contributed by atoms with van der Waals surface area (Å²) in [6, 6.07) is 0. The van der Waals surface area contributed by atoms with Crippen molar-refractivity contribution >= 4 is 16.3 Å². The third-order valence-corrected chi connectivity index (χ3v) is 2.43. The molecule has 0 atom stereocenters. The van der Waals surface area contributed by atoms with Crippen LogP contribution < -0.4 is 9.44 Å². The lowest BCUT2D eigenvalue weighted by Crippen LogP contribution is -2.43. The number of hydrogen-bond donors (Lipinski definition) is 2. The maximum Gasteiger partial charge on any atom is 0.422 e. The fraction of sp³-hybridized carbons (Fsp3) is 0.700. The van der Waals surface area contributed by atoms with Gasteiger partial charge in [0.25, 0.3) is 0 Å². The summed E-state index contributed by atoms with van der Waals surface area (Å²) in [6.45, 7) is 5.08. The highest BCUT2D eigenvalue weighted by Crippen LogP contribution is 2.06. The second-order valence-electron chi connectivity index (χ2n) is 4.31. The van der Waals surface area contributed by atoms with E-state index in [2.05, 4.69) is 10.6 Å². The van der Waals surface area contributed by atoms with E-state index in [1.54, 1.807) is 25.5 Å². The van der Waals surface area contributed by atoms with Crippen molar-refractivity contribution in [3.63, 3.8) is 0 Å². The maximum absolute atomic E-state index is 11.3. The molecule has 0 radical (unpaired) electrons. The van der Waals surface area contributed by atoms with Crippen molar-refractivity contribution in [2.45, 2.75) is 39.2 Å². The van der Waals surface area contributed by atoms with Gasteiger partial charge in [0.15, 0.2) is 0 Å². The van der Waals surface area contributed by atoms with Crippen LogP contribution in [0.25, 0.3) is 0 Å². The molecule has 0 aliphatic heterocycles. The van der Waals surface area contributed by atoms with E-state index in [0.717, 1.165) is 0 Å². The molecule has 0 aromatic carbocycles. The van der Waals surface area contributed by atoms with Crippen molar-refractivity contribution < 1.29 is 17.9 Å². The van der Waals surface area contributed by atoms with Crippen molar-refractivity contribution in [2.24, 2.45) is 0 Å². The van der Waals surface area contributed by atoms with Gasteiger partial charge in [-0.15, -0.1) is 12.3 Å². The van der Waals surface area contributed by atoms with Crippen LogP contribution in [0.5, 0.6) is 0 Å². The second-order valence-corrected chi connectivity index (χ2v) is 5.81. The van der Waals surface area contributed by atoms with Gasteiger partial charge in [-0.25, -0.2) is 9.52 Å². The van der Waals surface area contributed by atoms with E-state index in [1.807, 2.05) is 0 Å². The van der Waals surface area contributed by atoms with Gasteiger partial charge in [0, 0.05) is 13.0 Å². The van der Waals surface area contributed by atoms with Gasteiger partial charge >= 0.3 is 16.3 Å². The van der Waals surface area contributed by atoms with Crippen molar-refractivity contribution in [1.29, 1.82) is 0 Å². The zero-order valence-electron chi connectivity index (χ0n) is 10.2. The maximum atomic E-state index is 11.3. The molecule has 2 N–H and O–H groups in total. The number of unbranched alkanes of at least 4 members (excludes halogenated alkanes) is 1. The smallest absolute Gasteiger partial charge is 0.422 e. The minimum Gasteiger partial charge on any atom is -0.443 e. The summed E-state index contributed by atoms with van der Waals surface area (Å²) in [5.74, 6) is 2.38. The van der Waals surface area contributed by atoms with Crippen LogP contribution >= 0.6 is 0 Å². The first-order valence-corrected chi connectivity index (χ1v) is 6.58. The Morgan fingerprint density at radius 3 is 2.47 bits per heavy atom. The van der Waals surface area contributed by atoms with E-state index in [1.165, 1.54) is 0 Å². The molecule has 0 fully saturated rings. The molecule has 0 aromatic heterocycles. The Bertz CT molecular complexity index is 390.